The molecule has 110 valence electrons. The average molecular weight is 293 g/mol. The minimum absolute atomic E-state index is 0.193. The summed E-state index contributed by atoms with van der Waals surface area (Å²) in [6.45, 7) is 0. The summed E-state index contributed by atoms with van der Waals surface area (Å²) in [5.74, 6) is 1.39. The second kappa shape index (κ2) is 5.86. The second-order valence-electron chi connectivity index (χ2n) is 6.23. The van der Waals surface area contributed by atoms with E-state index in [1.165, 1.54) is 18.4 Å². The van der Waals surface area contributed by atoms with Crippen LogP contribution in [0, 0.1) is 0 Å². The van der Waals surface area contributed by atoms with Gasteiger partial charge in [0.15, 0.2) is 9.84 Å². The van der Waals surface area contributed by atoms with Crippen LogP contribution >= 0.6 is 0 Å². The molecular weight excluding hydrogens is 270 g/mol. The highest BCUT2D eigenvalue weighted by molar-refractivity contribution is 7.91. The zero-order chi connectivity index (χ0) is 14.0. The molecule has 0 radical (unpaired) electrons. The lowest BCUT2D eigenvalue weighted by Crippen LogP contribution is -2.40. The maximum absolute atomic E-state index is 11.5. The van der Waals surface area contributed by atoms with E-state index in [1.807, 2.05) is 0 Å². The van der Waals surface area contributed by atoms with Gasteiger partial charge >= 0.3 is 0 Å². The van der Waals surface area contributed by atoms with Crippen LogP contribution in [-0.4, -0.2) is 32.0 Å². The fourth-order valence-corrected chi connectivity index (χ4v) is 5.26. The van der Waals surface area contributed by atoms with Crippen LogP contribution in [0.15, 0.2) is 30.3 Å². The number of nitrogens with one attached hydrogen (secondary N) is 1. The molecular formula is C16H23NO2S. The van der Waals surface area contributed by atoms with Crippen molar-refractivity contribution in [2.24, 2.45) is 0 Å². The maximum atomic E-state index is 11.5. The van der Waals surface area contributed by atoms with E-state index < -0.39 is 9.84 Å². The van der Waals surface area contributed by atoms with Crippen LogP contribution in [0.1, 0.15) is 43.6 Å². The van der Waals surface area contributed by atoms with Gasteiger partial charge in [0.05, 0.1) is 11.5 Å². The van der Waals surface area contributed by atoms with Crippen LogP contribution in [-0.2, 0) is 9.84 Å². The minimum Gasteiger partial charge on any atom is -0.310 e. The number of hydrogen-bond acceptors (Lipinski definition) is 3. The third-order valence-electron chi connectivity index (χ3n) is 4.70. The average Bonchev–Trinajstić information content (AvgIpc) is 2.80. The summed E-state index contributed by atoms with van der Waals surface area (Å²) in [4.78, 5) is 0. The van der Waals surface area contributed by atoms with Gasteiger partial charge in [-0.2, -0.15) is 0 Å². The molecule has 1 atom stereocenters. The summed E-state index contributed by atoms with van der Waals surface area (Å²) < 4.78 is 23.0. The van der Waals surface area contributed by atoms with Gasteiger partial charge in [-0.25, -0.2) is 8.42 Å². The van der Waals surface area contributed by atoms with Crippen LogP contribution in [0.5, 0.6) is 0 Å². The molecule has 4 heteroatoms. The van der Waals surface area contributed by atoms with Gasteiger partial charge in [0.2, 0.25) is 0 Å². The van der Waals surface area contributed by atoms with E-state index in [1.54, 1.807) is 0 Å². The van der Waals surface area contributed by atoms with Crippen molar-refractivity contribution in [1.82, 2.24) is 5.32 Å². The Hall–Kier alpha value is -0.870. The first kappa shape index (κ1) is 14.1. The summed E-state index contributed by atoms with van der Waals surface area (Å²) in [5.41, 5.74) is 1.45. The third kappa shape index (κ3) is 3.41. The molecule has 1 heterocycles. The van der Waals surface area contributed by atoms with E-state index in [0.29, 0.717) is 23.5 Å². The molecule has 1 aliphatic heterocycles. The van der Waals surface area contributed by atoms with Crippen LogP contribution in [0.25, 0.3) is 0 Å². The Morgan fingerprint density at radius 2 is 1.60 bits per heavy atom. The molecule has 2 aliphatic rings. The third-order valence-corrected chi connectivity index (χ3v) is 6.47. The van der Waals surface area contributed by atoms with Gasteiger partial charge in [0.1, 0.15) is 0 Å². The lowest BCUT2D eigenvalue weighted by molar-refractivity contribution is 0.321. The van der Waals surface area contributed by atoms with Crippen molar-refractivity contribution in [1.29, 1.82) is 0 Å². The van der Waals surface area contributed by atoms with E-state index in [4.69, 9.17) is 0 Å². The predicted octanol–water partition coefficient (Wildman–Crippen LogP) is 2.49. The van der Waals surface area contributed by atoms with Gasteiger partial charge in [-0.3, -0.25) is 0 Å². The Balaban J connectivity index is 1.50. The zero-order valence-electron chi connectivity index (χ0n) is 11.8. The predicted molar refractivity (Wildman–Crippen MR) is 81.6 cm³/mol. The molecule has 1 aromatic carbocycles. The Kier molecular flexibility index (Phi) is 4.13. The van der Waals surface area contributed by atoms with Gasteiger partial charge < -0.3 is 5.32 Å². The topological polar surface area (TPSA) is 46.2 Å². The molecule has 3 nitrogen and oxygen atoms in total. The maximum Gasteiger partial charge on any atom is 0.151 e. The van der Waals surface area contributed by atoms with Crippen LogP contribution in [0.4, 0.5) is 0 Å². The van der Waals surface area contributed by atoms with Crippen molar-refractivity contribution >= 4 is 9.84 Å². The lowest BCUT2D eigenvalue weighted by atomic mass is 9.81. The Morgan fingerprint density at radius 1 is 0.900 bits per heavy atom. The number of hydrogen-bond donors (Lipinski definition) is 1. The lowest BCUT2D eigenvalue weighted by Gasteiger charge is -2.31. The fourth-order valence-electron chi connectivity index (χ4n) is 3.58. The summed E-state index contributed by atoms with van der Waals surface area (Å²) in [6, 6.07) is 11.4. The Bertz CT molecular complexity index is 533. The largest absolute Gasteiger partial charge is 0.310 e. The van der Waals surface area contributed by atoms with Gasteiger partial charge in [-0.1, -0.05) is 30.3 Å². The molecule has 0 aromatic heterocycles. The number of sulfone groups is 1. The number of benzene rings is 1. The SMILES string of the molecule is O=S1(=O)CCC(NC2CCC(c3ccccc3)CC2)C1. The standard InChI is InChI=1S/C16H23NO2S/c18-20(19)11-10-16(12-20)17-15-8-6-14(7-9-15)13-4-2-1-3-5-13/h1-5,14-17H,6-12H2. The molecule has 0 amide bonds. The van der Waals surface area contributed by atoms with E-state index in [9.17, 15) is 8.42 Å². The van der Waals surface area contributed by atoms with Crippen molar-refractivity contribution in [2.45, 2.75) is 50.1 Å². The zero-order valence-corrected chi connectivity index (χ0v) is 12.6. The molecule has 20 heavy (non-hydrogen) atoms. The van der Waals surface area contributed by atoms with Crippen molar-refractivity contribution < 1.29 is 8.42 Å². The van der Waals surface area contributed by atoms with Crippen molar-refractivity contribution in [3.63, 3.8) is 0 Å². The van der Waals surface area contributed by atoms with Gasteiger partial charge in [-0.15, -0.1) is 0 Å². The van der Waals surface area contributed by atoms with Crippen LogP contribution < -0.4 is 5.32 Å². The summed E-state index contributed by atoms with van der Waals surface area (Å²) in [5, 5.41) is 3.57. The molecule has 1 unspecified atom stereocenters. The van der Waals surface area contributed by atoms with Crippen molar-refractivity contribution in [2.75, 3.05) is 11.5 Å². The molecule has 1 aliphatic carbocycles. The Morgan fingerprint density at radius 3 is 2.20 bits per heavy atom. The van der Waals surface area contributed by atoms with E-state index in [-0.39, 0.29) is 6.04 Å². The fraction of sp³-hybridized carbons (Fsp3) is 0.625. The normalized spacial score (nSPS) is 33.1. The summed E-state index contributed by atoms with van der Waals surface area (Å²) in [6.07, 6.45) is 5.54. The van der Waals surface area contributed by atoms with Gasteiger partial charge in [0.25, 0.3) is 0 Å². The highest BCUT2D eigenvalue weighted by atomic mass is 32.2. The monoisotopic (exact) mass is 293 g/mol. The summed E-state index contributed by atoms with van der Waals surface area (Å²) in [7, 11) is -2.76. The first-order valence-electron chi connectivity index (χ1n) is 7.64. The molecule has 1 saturated carbocycles. The summed E-state index contributed by atoms with van der Waals surface area (Å²) >= 11 is 0. The van der Waals surface area contributed by atoms with E-state index in [2.05, 4.69) is 35.6 Å². The highest BCUT2D eigenvalue weighted by Crippen LogP contribution is 2.33. The Labute approximate surface area is 121 Å². The van der Waals surface area contributed by atoms with E-state index in [0.717, 1.165) is 19.3 Å². The van der Waals surface area contributed by atoms with E-state index >= 15 is 0 Å². The molecule has 0 spiro atoms. The number of rotatable bonds is 3. The van der Waals surface area contributed by atoms with Gasteiger partial charge in [-0.05, 0) is 43.6 Å². The first-order chi connectivity index (χ1) is 9.62. The van der Waals surface area contributed by atoms with Crippen molar-refractivity contribution in [3.05, 3.63) is 35.9 Å². The molecule has 1 saturated heterocycles. The first-order valence-corrected chi connectivity index (χ1v) is 9.46. The smallest absolute Gasteiger partial charge is 0.151 e. The molecule has 3 rings (SSSR count). The molecule has 2 fully saturated rings. The molecule has 0 bridgehead atoms. The molecule has 1 N–H and O–H groups in total. The van der Waals surface area contributed by atoms with Crippen molar-refractivity contribution in [3.8, 4) is 0 Å². The van der Waals surface area contributed by atoms with Crippen LogP contribution in [0.2, 0.25) is 0 Å². The second-order valence-corrected chi connectivity index (χ2v) is 8.45. The van der Waals surface area contributed by atoms with Crippen LogP contribution in [0.3, 0.4) is 0 Å². The highest BCUT2D eigenvalue weighted by Gasteiger charge is 2.30. The molecule has 1 aromatic rings. The quantitative estimate of drug-likeness (QED) is 0.931. The minimum atomic E-state index is -2.76. The van der Waals surface area contributed by atoms with Gasteiger partial charge in [0, 0.05) is 12.1 Å².